The number of aromatic nitrogens is 1. The summed E-state index contributed by atoms with van der Waals surface area (Å²) in [6, 6.07) is 0.771. The molecule has 0 N–H and O–H groups in total. The van der Waals surface area contributed by atoms with Crippen molar-refractivity contribution in [2.24, 2.45) is 0 Å². The van der Waals surface area contributed by atoms with Crippen LogP contribution in [0.5, 0.6) is 0 Å². The molecule has 0 radical (unpaired) electrons. The van der Waals surface area contributed by atoms with Crippen LogP contribution in [0, 0.1) is 0 Å². The van der Waals surface area contributed by atoms with Crippen LogP contribution in [0.1, 0.15) is 30.0 Å². The van der Waals surface area contributed by atoms with Crippen molar-refractivity contribution in [3.05, 3.63) is 23.5 Å². The Kier molecular flexibility index (Phi) is 2.86. The molecular weight excluding hydrogens is 279 g/mol. The third-order valence-electron chi connectivity index (χ3n) is 2.47. The van der Waals surface area contributed by atoms with Gasteiger partial charge in [0.05, 0.1) is 0 Å². The van der Waals surface area contributed by atoms with Gasteiger partial charge in [-0.2, -0.15) is 13.2 Å². The monoisotopic (exact) mass is 285 g/mol. The lowest BCUT2D eigenvalue weighted by Gasteiger charge is -2.10. The van der Waals surface area contributed by atoms with Crippen molar-refractivity contribution in [2.45, 2.75) is 29.8 Å². The minimum absolute atomic E-state index is 0.113. The molecule has 1 heterocycles. The molecule has 1 aromatic heterocycles. The van der Waals surface area contributed by atoms with E-state index in [-0.39, 0.29) is 16.4 Å². The Morgan fingerprint density at radius 3 is 2.35 bits per heavy atom. The highest BCUT2D eigenvalue weighted by molar-refractivity contribution is 8.13. The molecule has 1 aromatic rings. The number of pyridine rings is 1. The second-order valence-corrected chi connectivity index (χ2v) is 6.35. The Labute approximate surface area is 100 Å². The second-order valence-electron chi connectivity index (χ2n) is 3.82. The molecule has 2 rings (SSSR count). The van der Waals surface area contributed by atoms with Crippen LogP contribution in [-0.2, 0) is 15.2 Å². The molecule has 1 saturated carbocycles. The van der Waals surface area contributed by atoms with Crippen LogP contribution in [-0.4, -0.2) is 13.4 Å². The van der Waals surface area contributed by atoms with E-state index >= 15 is 0 Å². The molecule has 0 aliphatic heterocycles. The Morgan fingerprint density at radius 2 is 1.94 bits per heavy atom. The van der Waals surface area contributed by atoms with E-state index < -0.39 is 20.9 Å². The molecule has 0 atom stereocenters. The van der Waals surface area contributed by atoms with E-state index in [1.54, 1.807) is 0 Å². The van der Waals surface area contributed by atoms with Crippen molar-refractivity contribution in [1.82, 2.24) is 4.98 Å². The van der Waals surface area contributed by atoms with Crippen molar-refractivity contribution >= 4 is 19.7 Å². The van der Waals surface area contributed by atoms with Gasteiger partial charge in [0.1, 0.15) is 10.6 Å². The number of alkyl halides is 3. The van der Waals surface area contributed by atoms with E-state index in [1.807, 2.05) is 0 Å². The Balaban J connectivity index is 2.57. The first-order valence-electron chi connectivity index (χ1n) is 4.71. The normalized spacial score (nSPS) is 17.2. The van der Waals surface area contributed by atoms with Gasteiger partial charge in [-0.1, -0.05) is 0 Å². The van der Waals surface area contributed by atoms with Gasteiger partial charge in [0.15, 0.2) is 0 Å². The standard InChI is InChI=1S/C9H7ClF3NO2S/c10-17(15,16)7-4-14-8(9(11,12)13)3-6(7)5-1-2-5/h3-5H,1-2H2. The van der Waals surface area contributed by atoms with Crippen LogP contribution in [0.25, 0.3) is 0 Å². The summed E-state index contributed by atoms with van der Waals surface area (Å²) in [7, 11) is 1.09. The fraction of sp³-hybridized carbons (Fsp3) is 0.444. The fourth-order valence-electron chi connectivity index (χ4n) is 1.53. The van der Waals surface area contributed by atoms with Gasteiger partial charge >= 0.3 is 6.18 Å². The predicted molar refractivity (Wildman–Crippen MR) is 54.3 cm³/mol. The molecule has 1 aliphatic rings. The Morgan fingerprint density at radius 1 is 1.35 bits per heavy atom. The zero-order valence-corrected chi connectivity index (χ0v) is 9.90. The summed E-state index contributed by atoms with van der Waals surface area (Å²) in [4.78, 5) is 2.77. The largest absolute Gasteiger partial charge is 0.433 e. The molecule has 3 nitrogen and oxygen atoms in total. The minimum Gasteiger partial charge on any atom is -0.250 e. The third-order valence-corrected chi connectivity index (χ3v) is 3.83. The van der Waals surface area contributed by atoms with Gasteiger partial charge in [-0.05, 0) is 30.4 Å². The highest BCUT2D eigenvalue weighted by Gasteiger charge is 2.37. The lowest BCUT2D eigenvalue weighted by molar-refractivity contribution is -0.141. The van der Waals surface area contributed by atoms with Crippen LogP contribution >= 0.6 is 10.7 Å². The topological polar surface area (TPSA) is 47.0 Å². The van der Waals surface area contributed by atoms with Gasteiger partial charge in [-0.15, -0.1) is 0 Å². The maximum absolute atomic E-state index is 12.4. The van der Waals surface area contributed by atoms with Gasteiger partial charge in [-0.25, -0.2) is 8.42 Å². The van der Waals surface area contributed by atoms with Crippen molar-refractivity contribution in [2.75, 3.05) is 0 Å². The molecule has 0 amide bonds. The van der Waals surface area contributed by atoms with Gasteiger partial charge in [0, 0.05) is 16.9 Å². The van der Waals surface area contributed by atoms with Crippen molar-refractivity contribution < 1.29 is 21.6 Å². The molecule has 94 valence electrons. The van der Waals surface area contributed by atoms with Gasteiger partial charge in [-0.3, -0.25) is 4.98 Å². The Hall–Kier alpha value is -0.820. The van der Waals surface area contributed by atoms with Crippen LogP contribution < -0.4 is 0 Å². The van der Waals surface area contributed by atoms with Crippen LogP contribution in [0.3, 0.4) is 0 Å². The zero-order chi connectivity index (χ0) is 12.8. The number of hydrogen-bond donors (Lipinski definition) is 0. The molecule has 0 bridgehead atoms. The van der Waals surface area contributed by atoms with Crippen molar-refractivity contribution in [1.29, 1.82) is 0 Å². The zero-order valence-electron chi connectivity index (χ0n) is 8.33. The molecule has 0 aromatic carbocycles. The maximum atomic E-state index is 12.4. The maximum Gasteiger partial charge on any atom is 0.433 e. The minimum atomic E-state index is -4.59. The van der Waals surface area contributed by atoms with Gasteiger partial charge < -0.3 is 0 Å². The molecule has 1 fully saturated rings. The van der Waals surface area contributed by atoms with Crippen molar-refractivity contribution in [3.63, 3.8) is 0 Å². The van der Waals surface area contributed by atoms with E-state index in [0.29, 0.717) is 19.0 Å². The summed E-state index contributed by atoms with van der Waals surface area (Å²) in [6.45, 7) is 0. The van der Waals surface area contributed by atoms with E-state index in [1.165, 1.54) is 0 Å². The molecule has 0 saturated heterocycles. The van der Waals surface area contributed by atoms with E-state index in [2.05, 4.69) is 4.98 Å². The van der Waals surface area contributed by atoms with Gasteiger partial charge in [0.2, 0.25) is 0 Å². The average Bonchev–Trinajstić information content (AvgIpc) is 2.97. The lowest BCUT2D eigenvalue weighted by Crippen LogP contribution is -2.10. The molecule has 0 unspecified atom stereocenters. The summed E-state index contributed by atoms with van der Waals surface area (Å²) in [5.74, 6) is -0.164. The van der Waals surface area contributed by atoms with Crippen LogP contribution in [0.15, 0.2) is 17.2 Å². The van der Waals surface area contributed by atoms with Gasteiger partial charge in [0.25, 0.3) is 9.05 Å². The molecule has 8 heteroatoms. The van der Waals surface area contributed by atoms with E-state index in [9.17, 15) is 21.6 Å². The van der Waals surface area contributed by atoms with Crippen LogP contribution in [0.4, 0.5) is 13.2 Å². The molecule has 17 heavy (non-hydrogen) atoms. The number of rotatable bonds is 2. The summed E-state index contributed by atoms with van der Waals surface area (Å²) in [5, 5.41) is 0. The number of halogens is 4. The summed E-state index contributed by atoms with van der Waals surface area (Å²) in [6.07, 6.45) is -2.57. The summed E-state index contributed by atoms with van der Waals surface area (Å²) < 4.78 is 59.7. The molecule has 0 spiro atoms. The SMILES string of the molecule is O=S(=O)(Cl)c1cnc(C(F)(F)F)cc1C1CC1. The quantitative estimate of drug-likeness (QED) is 0.785. The highest BCUT2D eigenvalue weighted by Crippen LogP contribution is 2.44. The average molecular weight is 286 g/mol. The smallest absolute Gasteiger partial charge is 0.250 e. The first-order valence-corrected chi connectivity index (χ1v) is 7.02. The molecule has 1 aliphatic carbocycles. The predicted octanol–water partition coefficient (Wildman–Crippen LogP) is 2.91. The Bertz CT molecular complexity index is 552. The lowest BCUT2D eigenvalue weighted by atomic mass is 10.1. The van der Waals surface area contributed by atoms with E-state index in [4.69, 9.17) is 10.7 Å². The summed E-state index contributed by atoms with van der Waals surface area (Å²) in [5.41, 5.74) is -0.981. The molecular formula is C9H7ClF3NO2S. The second kappa shape index (κ2) is 3.84. The number of nitrogens with zero attached hydrogens (tertiary/aromatic N) is 1. The third kappa shape index (κ3) is 2.71. The summed E-state index contributed by atoms with van der Waals surface area (Å²) >= 11 is 0. The first kappa shape index (κ1) is 12.6. The van der Waals surface area contributed by atoms with Crippen LogP contribution in [0.2, 0.25) is 0 Å². The van der Waals surface area contributed by atoms with E-state index in [0.717, 1.165) is 6.07 Å². The highest BCUT2D eigenvalue weighted by atomic mass is 35.7. The number of hydrogen-bond acceptors (Lipinski definition) is 3. The van der Waals surface area contributed by atoms with Crippen molar-refractivity contribution in [3.8, 4) is 0 Å². The first-order chi connectivity index (χ1) is 7.69. The fourth-order valence-corrected chi connectivity index (χ4v) is 2.60.